The number of fused-ring (bicyclic) bond motifs is 1. The van der Waals surface area contributed by atoms with Crippen LogP contribution in [0.15, 0.2) is 48.7 Å². The van der Waals surface area contributed by atoms with Gasteiger partial charge in [0.1, 0.15) is 0 Å². The molecule has 0 amide bonds. The molecule has 0 bridgehead atoms. The Morgan fingerprint density at radius 3 is 2.38 bits per heavy atom. The molecule has 1 heterocycles. The Bertz CT molecular complexity index is 805. The summed E-state index contributed by atoms with van der Waals surface area (Å²) in [6.45, 7) is 7.21. The van der Waals surface area contributed by atoms with Gasteiger partial charge >= 0.3 is 0 Å². The van der Waals surface area contributed by atoms with Gasteiger partial charge < -0.3 is 5.73 Å². The Labute approximate surface area is 125 Å². The molecular formula is C19H21N2+. The molecule has 106 valence electrons. The van der Waals surface area contributed by atoms with Crippen LogP contribution < -0.4 is 10.3 Å². The summed E-state index contributed by atoms with van der Waals surface area (Å²) in [5, 5.41) is 1.18. The highest BCUT2D eigenvalue weighted by Gasteiger charge is 2.17. The fourth-order valence-electron chi connectivity index (χ4n) is 3.00. The Morgan fingerprint density at radius 2 is 1.67 bits per heavy atom. The number of anilines is 1. The molecule has 0 saturated heterocycles. The van der Waals surface area contributed by atoms with E-state index in [1.54, 1.807) is 0 Å². The van der Waals surface area contributed by atoms with E-state index >= 15 is 0 Å². The summed E-state index contributed by atoms with van der Waals surface area (Å²) in [6.07, 6.45) is 2.16. The second-order valence-corrected chi connectivity index (χ2v) is 5.82. The van der Waals surface area contributed by atoms with E-state index in [1.807, 2.05) is 0 Å². The molecule has 1 aromatic heterocycles. The molecule has 0 aliphatic carbocycles. The highest BCUT2D eigenvalue weighted by Crippen LogP contribution is 2.26. The van der Waals surface area contributed by atoms with Crippen molar-refractivity contribution in [1.29, 1.82) is 0 Å². The van der Waals surface area contributed by atoms with Crippen LogP contribution >= 0.6 is 0 Å². The van der Waals surface area contributed by atoms with E-state index in [-0.39, 0.29) is 0 Å². The molecule has 2 nitrogen and oxygen atoms in total. The molecule has 0 spiro atoms. The van der Waals surface area contributed by atoms with E-state index in [4.69, 9.17) is 5.73 Å². The minimum atomic E-state index is 0.862. The Morgan fingerprint density at radius 1 is 0.952 bits per heavy atom. The van der Waals surface area contributed by atoms with Crippen molar-refractivity contribution in [2.45, 2.75) is 27.3 Å². The van der Waals surface area contributed by atoms with Gasteiger partial charge in [-0.25, -0.2) is 0 Å². The average molecular weight is 277 g/mol. The Balaban J connectivity index is 2.25. The topological polar surface area (TPSA) is 29.9 Å². The zero-order valence-electron chi connectivity index (χ0n) is 12.9. The largest absolute Gasteiger partial charge is 0.398 e. The van der Waals surface area contributed by atoms with Crippen molar-refractivity contribution >= 4 is 16.6 Å². The van der Waals surface area contributed by atoms with E-state index in [1.165, 1.54) is 27.6 Å². The first kappa shape index (κ1) is 13.6. The SMILES string of the molecule is Cc1cc(C)c2c(N)c(C)c[n+](Cc3ccccc3)c2c1. The number of aromatic nitrogens is 1. The van der Waals surface area contributed by atoms with Crippen LogP contribution in [0.25, 0.3) is 10.9 Å². The lowest BCUT2D eigenvalue weighted by Crippen LogP contribution is -2.36. The molecular weight excluding hydrogens is 256 g/mol. The summed E-state index contributed by atoms with van der Waals surface area (Å²) in [4.78, 5) is 0. The maximum absolute atomic E-state index is 6.32. The van der Waals surface area contributed by atoms with Crippen LogP contribution in [0.3, 0.4) is 0 Å². The third-order valence-corrected chi connectivity index (χ3v) is 4.01. The van der Waals surface area contributed by atoms with Crippen LogP contribution in [0, 0.1) is 20.8 Å². The smallest absolute Gasteiger partial charge is 0.215 e. The van der Waals surface area contributed by atoms with Crippen LogP contribution in [-0.2, 0) is 6.54 Å². The molecule has 0 aliphatic rings. The molecule has 21 heavy (non-hydrogen) atoms. The zero-order chi connectivity index (χ0) is 15.0. The molecule has 0 unspecified atom stereocenters. The van der Waals surface area contributed by atoms with E-state index in [9.17, 15) is 0 Å². The Hall–Kier alpha value is -2.35. The molecule has 2 aromatic carbocycles. The lowest BCUT2D eigenvalue weighted by Gasteiger charge is -2.10. The standard InChI is InChI=1S/C19H20N2/c1-13-9-14(2)18-17(10-13)21(11-15(3)19(18)20)12-16-7-5-4-6-8-16/h4-11,20H,12H2,1-3H3/p+1. The maximum Gasteiger partial charge on any atom is 0.215 e. The van der Waals surface area contributed by atoms with Crippen molar-refractivity contribution in [1.82, 2.24) is 0 Å². The van der Waals surface area contributed by atoms with Gasteiger partial charge in [0.25, 0.3) is 0 Å². The third-order valence-electron chi connectivity index (χ3n) is 4.01. The summed E-state index contributed by atoms with van der Waals surface area (Å²) < 4.78 is 2.30. The van der Waals surface area contributed by atoms with Gasteiger partial charge in [0.15, 0.2) is 12.7 Å². The van der Waals surface area contributed by atoms with Gasteiger partial charge in [-0.05, 0) is 31.9 Å². The van der Waals surface area contributed by atoms with Crippen molar-refractivity contribution in [3.63, 3.8) is 0 Å². The van der Waals surface area contributed by atoms with E-state index in [2.05, 4.69) is 74.0 Å². The van der Waals surface area contributed by atoms with Gasteiger partial charge in [0, 0.05) is 17.2 Å². The molecule has 0 aliphatic heterocycles. The van der Waals surface area contributed by atoms with Crippen molar-refractivity contribution < 1.29 is 4.57 Å². The highest BCUT2D eigenvalue weighted by molar-refractivity contribution is 5.92. The van der Waals surface area contributed by atoms with Crippen LogP contribution in [0.4, 0.5) is 5.69 Å². The van der Waals surface area contributed by atoms with Gasteiger partial charge in [-0.1, -0.05) is 36.4 Å². The number of nitrogens with two attached hydrogens (primary N) is 1. The van der Waals surface area contributed by atoms with Crippen molar-refractivity contribution in [3.05, 3.63) is 70.9 Å². The van der Waals surface area contributed by atoms with E-state index < -0.39 is 0 Å². The number of hydrogen-bond acceptors (Lipinski definition) is 1. The molecule has 3 aromatic rings. The molecule has 2 N–H and O–H groups in total. The second-order valence-electron chi connectivity index (χ2n) is 5.82. The molecule has 0 radical (unpaired) electrons. The minimum absolute atomic E-state index is 0.862. The van der Waals surface area contributed by atoms with Crippen molar-refractivity contribution in [3.8, 4) is 0 Å². The summed E-state index contributed by atoms with van der Waals surface area (Å²) >= 11 is 0. The molecule has 0 atom stereocenters. The number of aryl methyl sites for hydroxylation is 3. The first-order valence-electron chi connectivity index (χ1n) is 7.29. The van der Waals surface area contributed by atoms with Crippen LogP contribution in [0.1, 0.15) is 22.3 Å². The van der Waals surface area contributed by atoms with E-state index in [0.717, 1.165) is 17.8 Å². The first-order chi connectivity index (χ1) is 10.1. The van der Waals surface area contributed by atoms with Crippen LogP contribution in [0.5, 0.6) is 0 Å². The predicted molar refractivity (Wildman–Crippen MR) is 88.3 cm³/mol. The van der Waals surface area contributed by atoms with Crippen LogP contribution in [-0.4, -0.2) is 0 Å². The summed E-state index contributed by atoms with van der Waals surface area (Å²) in [6, 6.07) is 15.0. The fourth-order valence-corrected chi connectivity index (χ4v) is 3.00. The number of pyridine rings is 1. The van der Waals surface area contributed by atoms with E-state index in [0.29, 0.717) is 0 Å². The lowest BCUT2D eigenvalue weighted by molar-refractivity contribution is -0.662. The Kier molecular flexibility index (Phi) is 3.38. The van der Waals surface area contributed by atoms with Gasteiger partial charge in [0.2, 0.25) is 5.52 Å². The average Bonchev–Trinajstić information content (AvgIpc) is 2.45. The number of nitrogen functional groups attached to an aromatic ring is 1. The normalized spacial score (nSPS) is 11.0. The zero-order valence-corrected chi connectivity index (χ0v) is 12.9. The predicted octanol–water partition coefficient (Wildman–Crippen LogP) is 3.68. The highest BCUT2D eigenvalue weighted by atomic mass is 15.0. The third kappa shape index (κ3) is 2.49. The number of hydrogen-bond donors (Lipinski definition) is 1. The molecule has 3 rings (SSSR count). The van der Waals surface area contributed by atoms with Crippen molar-refractivity contribution in [2.75, 3.05) is 5.73 Å². The van der Waals surface area contributed by atoms with Gasteiger partial charge in [0.05, 0.1) is 11.1 Å². The fraction of sp³-hybridized carbons (Fsp3) is 0.211. The maximum atomic E-state index is 6.32. The number of benzene rings is 2. The molecule has 0 fully saturated rings. The lowest BCUT2D eigenvalue weighted by atomic mass is 10.0. The van der Waals surface area contributed by atoms with Gasteiger partial charge in [-0.3, -0.25) is 0 Å². The first-order valence-corrected chi connectivity index (χ1v) is 7.29. The quantitative estimate of drug-likeness (QED) is 0.711. The van der Waals surface area contributed by atoms with Gasteiger partial charge in [-0.15, -0.1) is 0 Å². The summed E-state index contributed by atoms with van der Waals surface area (Å²) in [7, 11) is 0. The summed E-state index contributed by atoms with van der Waals surface area (Å²) in [5.41, 5.74) is 13.4. The second kappa shape index (κ2) is 5.21. The monoisotopic (exact) mass is 277 g/mol. The van der Waals surface area contributed by atoms with Crippen molar-refractivity contribution in [2.24, 2.45) is 0 Å². The number of nitrogens with zero attached hydrogens (tertiary/aromatic N) is 1. The van der Waals surface area contributed by atoms with Gasteiger partial charge in [-0.2, -0.15) is 4.57 Å². The van der Waals surface area contributed by atoms with Crippen LogP contribution in [0.2, 0.25) is 0 Å². The number of rotatable bonds is 2. The minimum Gasteiger partial charge on any atom is -0.398 e. The molecule has 0 saturated carbocycles. The summed E-state index contributed by atoms with van der Waals surface area (Å²) in [5.74, 6) is 0. The molecule has 2 heteroatoms.